The quantitative estimate of drug-likeness (QED) is 0.524. The highest BCUT2D eigenvalue weighted by Crippen LogP contribution is 2.35. The van der Waals surface area contributed by atoms with E-state index in [0.717, 1.165) is 5.56 Å². The Kier molecular flexibility index (Phi) is 7.10. The summed E-state index contributed by atoms with van der Waals surface area (Å²) in [6.07, 6.45) is -1.53. The number of hydrogen-bond acceptors (Lipinski definition) is 4. The van der Waals surface area contributed by atoms with Gasteiger partial charge >= 0.3 is 6.09 Å². The van der Waals surface area contributed by atoms with Gasteiger partial charge in [-0.05, 0) is 61.4 Å². The van der Waals surface area contributed by atoms with Crippen LogP contribution in [-0.4, -0.2) is 35.4 Å². The number of amides is 3. The number of nitrogens with one attached hydrogen (secondary N) is 2. The molecule has 8 heteroatoms. The van der Waals surface area contributed by atoms with Crippen molar-refractivity contribution in [2.75, 3.05) is 11.9 Å². The topological polar surface area (TPSA) is 87.7 Å². The zero-order valence-corrected chi connectivity index (χ0v) is 19.5. The van der Waals surface area contributed by atoms with E-state index in [2.05, 4.69) is 10.6 Å². The largest absolute Gasteiger partial charge is 0.438 e. The third kappa shape index (κ3) is 5.48. The molecule has 0 unspecified atom stereocenters. The molecule has 3 amide bonds. The van der Waals surface area contributed by atoms with Crippen molar-refractivity contribution in [3.8, 4) is 0 Å². The van der Waals surface area contributed by atoms with Crippen LogP contribution in [0.2, 0.25) is 0 Å². The number of ether oxygens (including phenoxy) is 1. The second-order valence-corrected chi connectivity index (χ2v) is 8.34. The first kappa shape index (κ1) is 23.9. The van der Waals surface area contributed by atoms with Gasteiger partial charge in [-0.2, -0.15) is 0 Å². The fraction of sp³-hybridized carbons (Fsp3) is 0.222. The average Bonchev–Trinajstić information content (AvgIpc) is 3.17. The number of hydrogen-bond donors (Lipinski definition) is 2. The van der Waals surface area contributed by atoms with Crippen molar-refractivity contribution in [3.05, 3.63) is 101 Å². The predicted octanol–water partition coefficient (Wildman–Crippen LogP) is 4.58. The van der Waals surface area contributed by atoms with Crippen molar-refractivity contribution in [1.82, 2.24) is 10.2 Å². The maximum Gasteiger partial charge on any atom is 0.411 e. The first-order valence-corrected chi connectivity index (χ1v) is 11.3. The maximum absolute atomic E-state index is 13.3. The SMILES string of the molecule is CCNC(=O)[C@@H]1[C@H](c2cccc(NC(=O)c3ccc(C)cc3)c2)OC(=O)N1Cc1ccc(F)cc1. The molecule has 7 nitrogen and oxygen atoms in total. The average molecular weight is 476 g/mol. The summed E-state index contributed by atoms with van der Waals surface area (Å²) < 4.78 is 19.0. The Balaban J connectivity index is 1.58. The van der Waals surface area contributed by atoms with E-state index in [-0.39, 0.29) is 24.2 Å². The van der Waals surface area contributed by atoms with Crippen molar-refractivity contribution in [2.24, 2.45) is 0 Å². The lowest BCUT2D eigenvalue weighted by Gasteiger charge is -2.24. The smallest absolute Gasteiger partial charge is 0.411 e. The van der Waals surface area contributed by atoms with E-state index in [4.69, 9.17) is 4.74 Å². The van der Waals surface area contributed by atoms with Crippen molar-refractivity contribution in [3.63, 3.8) is 0 Å². The Hall–Kier alpha value is -4.20. The fourth-order valence-corrected chi connectivity index (χ4v) is 3.98. The van der Waals surface area contributed by atoms with Crippen LogP contribution in [0.15, 0.2) is 72.8 Å². The molecule has 0 radical (unpaired) electrons. The molecule has 1 aliphatic heterocycles. The number of rotatable bonds is 7. The van der Waals surface area contributed by atoms with Crippen LogP contribution in [-0.2, 0) is 16.1 Å². The van der Waals surface area contributed by atoms with Gasteiger partial charge in [-0.25, -0.2) is 9.18 Å². The van der Waals surface area contributed by atoms with Crippen LogP contribution in [0.3, 0.4) is 0 Å². The second kappa shape index (κ2) is 10.4. The minimum absolute atomic E-state index is 0.0846. The van der Waals surface area contributed by atoms with E-state index in [0.29, 0.717) is 28.9 Å². The van der Waals surface area contributed by atoms with Crippen molar-refractivity contribution < 1.29 is 23.5 Å². The Bertz CT molecular complexity index is 1230. The number of nitrogens with zero attached hydrogens (tertiary/aromatic N) is 1. The van der Waals surface area contributed by atoms with Crippen LogP contribution in [0, 0.1) is 12.7 Å². The lowest BCUT2D eigenvalue weighted by Crippen LogP contribution is -2.46. The van der Waals surface area contributed by atoms with Crippen LogP contribution >= 0.6 is 0 Å². The number of aryl methyl sites for hydroxylation is 1. The standard InChI is InChI=1S/C27H26FN3O4/c1-3-29-26(33)23-24(35-27(34)31(23)16-18-9-13-21(28)14-10-18)20-5-4-6-22(15-20)30-25(32)19-11-7-17(2)8-12-19/h4-15,23-24H,3,16H2,1-2H3,(H,29,33)(H,30,32)/t23-,24-/m0/s1. The van der Waals surface area contributed by atoms with Gasteiger partial charge in [0.15, 0.2) is 12.1 Å². The molecule has 35 heavy (non-hydrogen) atoms. The zero-order chi connectivity index (χ0) is 24.9. The molecule has 2 N–H and O–H groups in total. The van der Waals surface area contributed by atoms with Crippen molar-refractivity contribution >= 4 is 23.6 Å². The Morgan fingerprint density at radius 3 is 2.43 bits per heavy atom. The molecule has 1 saturated heterocycles. The molecular weight excluding hydrogens is 449 g/mol. The zero-order valence-electron chi connectivity index (χ0n) is 19.5. The van der Waals surface area contributed by atoms with Crippen LogP contribution in [0.25, 0.3) is 0 Å². The summed E-state index contributed by atoms with van der Waals surface area (Å²) in [5, 5.41) is 5.61. The van der Waals surface area contributed by atoms with Crippen molar-refractivity contribution in [2.45, 2.75) is 32.5 Å². The lowest BCUT2D eigenvalue weighted by atomic mass is 10.00. The molecule has 0 saturated carbocycles. The van der Waals surface area contributed by atoms with Crippen LogP contribution in [0.1, 0.15) is 40.1 Å². The number of carbonyl (C=O) groups is 3. The highest BCUT2D eigenvalue weighted by atomic mass is 19.1. The second-order valence-electron chi connectivity index (χ2n) is 8.34. The van der Waals surface area contributed by atoms with Gasteiger partial charge in [0.05, 0.1) is 6.54 Å². The number of anilines is 1. The highest BCUT2D eigenvalue weighted by molar-refractivity contribution is 6.04. The van der Waals surface area contributed by atoms with Crippen LogP contribution < -0.4 is 10.6 Å². The highest BCUT2D eigenvalue weighted by Gasteiger charge is 2.46. The molecule has 1 aliphatic rings. The van der Waals surface area contributed by atoms with Crippen molar-refractivity contribution in [1.29, 1.82) is 0 Å². The van der Waals surface area contributed by atoms with Crippen LogP contribution in [0.5, 0.6) is 0 Å². The van der Waals surface area contributed by atoms with Gasteiger partial charge in [-0.1, -0.05) is 42.0 Å². The predicted molar refractivity (Wildman–Crippen MR) is 129 cm³/mol. The number of likely N-dealkylation sites (N-methyl/N-ethyl adjacent to an activating group) is 1. The molecular formula is C27H26FN3O4. The molecule has 0 bridgehead atoms. The number of cyclic esters (lactones) is 1. The summed E-state index contributed by atoms with van der Waals surface area (Å²) in [4.78, 5) is 39.8. The minimum atomic E-state index is -0.935. The molecule has 3 aromatic carbocycles. The van der Waals surface area contributed by atoms with E-state index in [9.17, 15) is 18.8 Å². The Morgan fingerprint density at radius 1 is 1.03 bits per heavy atom. The first-order valence-electron chi connectivity index (χ1n) is 11.3. The summed E-state index contributed by atoms with van der Waals surface area (Å²) in [6.45, 7) is 4.20. The first-order chi connectivity index (χ1) is 16.9. The summed E-state index contributed by atoms with van der Waals surface area (Å²) in [6, 6.07) is 18.9. The molecule has 1 heterocycles. The van der Waals surface area contributed by atoms with E-state index in [1.54, 1.807) is 55.5 Å². The van der Waals surface area contributed by atoms with Gasteiger partial charge in [0.25, 0.3) is 5.91 Å². The van der Waals surface area contributed by atoms with E-state index in [1.165, 1.54) is 17.0 Å². The molecule has 1 fully saturated rings. The van der Waals surface area contributed by atoms with Crippen LogP contribution in [0.4, 0.5) is 14.9 Å². The third-order valence-electron chi connectivity index (χ3n) is 5.76. The monoisotopic (exact) mass is 475 g/mol. The normalized spacial score (nSPS) is 17.1. The summed E-state index contributed by atoms with van der Waals surface area (Å²) in [7, 11) is 0. The van der Waals surface area contributed by atoms with Gasteiger partial charge in [0.2, 0.25) is 5.91 Å². The molecule has 0 aromatic heterocycles. The van der Waals surface area contributed by atoms with Gasteiger partial charge in [-0.15, -0.1) is 0 Å². The maximum atomic E-state index is 13.3. The molecule has 0 aliphatic carbocycles. The van der Waals surface area contributed by atoms with Gasteiger partial charge in [0, 0.05) is 17.8 Å². The summed E-state index contributed by atoms with van der Waals surface area (Å²) in [5.41, 5.74) is 3.30. The number of benzene rings is 3. The fourth-order valence-electron chi connectivity index (χ4n) is 3.98. The molecule has 2 atom stereocenters. The van der Waals surface area contributed by atoms with Gasteiger partial charge in [-0.3, -0.25) is 14.5 Å². The minimum Gasteiger partial charge on any atom is -0.438 e. The van der Waals surface area contributed by atoms with E-state index in [1.807, 2.05) is 19.1 Å². The van der Waals surface area contributed by atoms with E-state index >= 15 is 0 Å². The lowest BCUT2D eigenvalue weighted by molar-refractivity contribution is -0.126. The molecule has 180 valence electrons. The summed E-state index contributed by atoms with van der Waals surface area (Å²) in [5.74, 6) is -1.02. The number of carbonyl (C=O) groups excluding carboxylic acids is 3. The van der Waals surface area contributed by atoms with Gasteiger partial charge in [0.1, 0.15) is 5.82 Å². The third-order valence-corrected chi connectivity index (χ3v) is 5.76. The molecule has 4 rings (SSSR count). The Morgan fingerprint density at radius 2 is 1.74 bits per heavy atom. The van der Waals surface area contributed by atoms with Gasteiger partial charge < -0.3 is 15.4 Å². The molecule has 3 aromatic rings. The molecule has 0 spiro atoms. The Labute approximate surface area is 202 Å². The van der Waals surface area contributed by atoms with E-state index < -0.39 is 18.2 Å². The summed E-state index contributed by atoms with van der Waals surface area (Å²) >= 11 is 0. The number of halogens is 1.